The molecule has 3 nitrogen and oxygen atoms in total. The minimum absolute atomic E-state index is 0.299. The van der Waals surface area contributed by atoms with Gasteiger partial charge in [-0.05, 0) is 77.5 Å². The van der Waals surface area contributed by atoms with Crippen molar-refractivity contribution in [1.82, 2.24) is 9.80 Å². The van der Waals surface area contributed by atoms with Crippen molar-refractivity contribution in [1.29, 1.82) is 0 Å². The van der Waals surface area contributed by atoms with Crippen LogP contribution < -0.4 is 5.73 Å². The number of hydrogen-bond acceptors (Lipinski definition) is 3. The highest BCUT2D eigenvalue weighted by molar-refractivity contribution is 4.95. The summed E-state index contributed by atoms with van der Waals surface area (Å²) in [5, 5.41) is 0. The maximum atomic E-state index is 6.24. The lowest BCUT2D eigenvalue weighted by molar-refractivity contribution is 0.0409. The van der Waals surface area contributed by atoms with Gasteiger partial charge in [-0.15, -0.1) is 0 Å². The third-order valence-electron chi connectivity index (χ3n) is 6.29. The Kier molecular flexibility index (Phi) is 6.51. The van der Waals surface area contributed by atoms with Crippen molar-refractivity contribution in [2.45, 2.75) is 63.8 Å². The predicted octanol–water partition coefficient (Wildman–Crippen LogP) is 2.95. The van der Waals surface area contributed by atoms with E-state index in [-0.39, 0.29) is 0 Å². The summed E-state index contributed by atoms with van der Waals surface area (Å²) in [5.41, 5.74) is 6.54. The van der Waals surface area contributed by atoms with Gasteiger partial charge in [-0.2, -0.15) is 0 Å². The van der Waals surface area contributed by atoms with Gasteiger partial charge in [-0.1, -0.05) is 19.8 Å². The third kappa shape index (κ3) is 4.43. The Balaban J connectivity index is 1.85. The van der Waals surface area contributed by atoms with Crippen molar-refractivity contribution in [3.8, 4) is 0 Å². The Morgan fingerprint density at radius 3 is 2.24 bits per heavy atom. The van der Waals surface area contributed by atoms with Gasteiger partial charge >= 0.3 is 0 Å². The monoisotopic (exact) mass is 295 g/mol. The zero-order valence-corrected chi connectivity index (χ0v) is 14.6. The van der Waals surface area contributed by atoms with E-state index in [2.05, 4.69) is 30.8 Å². The molecule has 2 fully saturated rings. The Morgan fingerprint density at radius 2 is 1.71 bits per heavy atom. The third-order valence-corrected chi connectivity index (χ3v) is 6.29. The van der Waals surface area contributed by atoms with E-state index in [0.29, 0.717) is 5.54 Å². The van der Waals surface area contributed by atoms with Gasteiger partial charge in [0, 0.05) is 18.6 Å². The number of rotatable bonds is 6. The van der Waals surface area contributed by atoms with Crippen LogP contribution in [0.1, 0.15) is 58.3 Å². The molecule has 2 aliphatic rings. The van der Waals surface area contributed by atoms with Gasteiger partial charge in [-0.25, -0.2) is 0 Å². The number of hydrogen-bond donors (Lipinski definition) is 1. The van der Waals surface area contributed by atoms with E-state index in [1.54, 1.807) is 0 Å². The fraction of sp³-hybridized carbons (Fsp3) is 1.00. The Bertz CT molecular complexity index is 289. The molecule has 21 heavy (non-hydrogen) atoms. The number of nitrogens with two attached hydrogens (primary N) is 1. The highest BCUT2D eigenvalue weighted by Gasteiger charge is 2.38. The molecule has 0 aromatic heterocycles. The molecule has 0 spiro atoms. The molecule has 0 bridgehead atoms. The number of nitrogens with zero attached hydrogens (tertiary/aromatic N) is 2. The van der Waals surface area contributed by atoms with Gasteiger partial charge in [0.05, 0.1) is 0 Å². The highest BCUT2D eigenvalue weighted by Crippen LogP contribution is 2.38. The summed E-state index contributed by atoms with van der Waals surface area (Å²) < 4.78 is 0. The molecule has 124 valence electrons. The molecule has 0 atom stereocenters. The van der Waals surface area contributed by atoms with Gasteiger partial charge in [0.15, 0.2) is 0 Å². The smallest absolute Gasteiger partial charge is 0.0329 e. The minimum atomic E-state index is 0.299. The van der Waals surface area contributed by atoms with E-state index in [1.165, 1.54) is 71.0 Å². The van der Waals surface area contributed by atoms with E-state index in [9.17, 15) is 0 Å². The first-order valence-corrected chi connectivity index (χ1v) is 9.19. The van der Waals surface area contributed by atoms with Crippen LogP contribution in [0.5, 0.6) is 0 Å². The molecular formula is C18H37N3. The van der Waals surface area contributed by atoms with E-state index in [1.807, 2.05) is 0 Å². The lowest BCUT2D eigenvalue weighted by atomic mass is 9.74. The fourth-order valence-corrected chi connectivity index (χ4v) is 4.48. The molecule has 0 radical (unpaired) electrons. The lowest BCUT2D eigenvalue weighted by Crippen LogP contribution is -2.55. The molecule has 0 aromatic rings. The molecule has 3 heteroatoms. The second kappa shape index (κ2) is 7.94. The van der Waals surface area contributed by atoms with Crippen LogP contribution in [0.2, 0.25) is 0 Å². The van der Waals surface area contributed by atoms with Crippen molar-refractivity contribution in [3.05, 3.63) is 0 Å². The van der Waals surface area contributed by atoms with Crippen LogP contribution in [-0.2, 0) is 0 Å². The quantitative estimate of drug-likeness (QED) is 0.818. The van der Waals surface area contributed by atoms with Crippen LogP contribution in [0, 0.1) is 11.8 Å². The minimum Gasteiger partial charge on any atom is -0.329 e. The SMILES string of the molecule is CCCC1CCC(CN)(N(C)CC2CCN(C)CC2)CC1. The summed E-state index contributed by atoms with van der Waals surface area (Å²) in [6.45, 7) is 6.95. The van der Waals surface area contributed by atoms with E-state index < -0.39 is 0 Å². The highest BCUT2D eigenvalue weighted by atomic mass is 15.2. The maximum Gasteiger partial charge on any atom is 0.0329 e. The van der Waals surface area contributed by atoms with Gasteiger partial charge in [-0.3, -0.25) is 4.90 Å². The summed E-state index contributed by atoms with van der Waals surface area (Å²) in [6.07, 6.45) is 10.9. The van der Waals surface area contributed by atoms with Crippen LogP contribution in [0.3, 0.4) is 0 Å². The van der Waals surface area contributed by atoms with E-state index >= 15 is 0 Å². The van der Waals surface area contributed by atoms with Crippen molar-refractivity contribution in [3.63, 3.8) is 0 Å². The molecule has 1 saturated carbocycles. The van der Waals surface area contributed by atoms with Crippen LogP contribution in [-0.4, -0.2) is 55.6 Å². The second-order valence-corrected chi connectivity index (χ2v) is 7.79. The summed E-state index contributed by atoms with van der Waals surface area (Å²) in [6, 6.07) is 0. The van der Waals surface area contributed by atoms with Gasteiger partial charge < -0.3 is 10.6 Å². The standard InChI is InChI=1S/C18H37N3/c1-4-5-16-6-10-18(15-19,11-7-16)21(3)14-17-8-12-20(2)13-9-17/h16-17H,4-15,19H2,1-3H3. The molecule has 2 rings (SSSR count). The van der Waals surface area contributed by atoms with Crippen LogP contribution in [0.4, 0.5) is 0 Å². The van der Waals surface area contributed by atoms with E-state index in [4.69, 9.17) is 5.73 Å². The first-order chi connectivity index (χ1) is 10.1. The summed E-state index contributed by atoms with van der Waals surface area (Å²) in [7, 11) is 4.58. The first-order valence-electron chi connectivity index (χ1n) is 9.19. The van der Waals surface area contributed by atoms with Crippen LogP contribution in [0.15, 0.2) is 0 Å². The van der Waals surface area contributed by atoms with Gasteiger partial charge in [0.2, 0.25) is 0 Å². The predicted molar refractivity (Wildman–Crippen MR) is 91.5 cm³/mol. The number of piperidine rings is 1. The van der Waals surface area contributed by atoms with Crippen molar-refractivity contribution in [2.24, 2.45) is 17.6 Å². The zero-order valence-electron chi connectivity index (χ0n) is 14.6. The summed E-state index contributed by atoms with van der Waals surface area (Å²) in [5.74, 6) is 1.84. The van der Waals surface area contributed by atoms with Crippen molar-refractivity contribution >= 4 is 0 Å². The molecule has 1 heterocycles. The maximum absolute atomic E-state index is 6.24. The van der Waals surface area contributed by atoms with E-state index in [0.717, 1.165) is 18.4 Å². The van der Waals surface area contributed by atoms with Gasteiger partial charge in [0.1, 0.15) is 0 Å². The Morgan fingerprint density at radius 1 is 1.10 bits per heavy atom. The average molecular weight is 296 g/mol. The number of likely N-dealkylation sites (N-methyl/N-ethyl adjacent to an activating group) is 1. The summed E-state index contributed by atoms with van der Waals surface area (Å²) >= 11 is 0. The zero-order chi connectivity index (χ0) is 15.3. The Hall–Kier alpha value is -0.120. The molecule has 1 saturated heterocycles. The average Bonchev–Trinajstić information content (AvgIpc) is 2.51. The largest absolute Gasteiger partial charge is 0.329 e. The molecule has 0 unspecified atom stereocenters. The van der Waals surface area contributed by atoms with Crippen LogP contribution >= 0.6 is 0 Å². The molecule has 1 aliphatic heterocycles. The Labute approximate surface area is 132 Å². The first kappa shape index (κ1) is 17.2. The van der Waals surface area contributed by atoms with Crippen LogP contribution in [0.25, 0.3) is 0 Å². The molecular weight excluding hydrogens is 258 g/mol. The normalized spacial score (nSPS) is 32.7. The second-order valence-electron chi connectivity index (χ2n) is 7.79. The molecule has 0 amide bonds. The molecule has 0 aromatic carbocycles. The van der Waals surface area contributed by atoms with Gasteiger partial charge in [0.25, 0.3) is 0 Å². The fourth-order valence-electron chi connectivity index (χ4n) is 4.48. The van der Waals surface area contributed by atoms with Crippen molar-refractivity contribution in [2.75, 3.05) is 40.3 Å². The summed E-state index contributed by atoms with van der Waals surface area (Å²) in [4.78, 5) is 5.11. The van der Waals surface area contributed by atoms with Crippen molar-refractivity contribution < 1.29 is 0 Å². The lowest BCUT2D eigenvalue weighted by Gasteiger charge is -2.47. The molecule has 1 aliphatic carbocycles. The number of likely N-dealkylation sites (tertiary alicyclic amines) is 1. The topological polar surface area (TPSA) is 32.5 Å². The molecule has 2 N–H and O–H groups in total.